The molecule has 5 aliphatic carbocycles. The first kappa shape index (κ1) is 43.5. The van der Waals surface area contributed by atoms with E-state index in [2.05, 4.69) is 0 Å². The molecule has 334 valence electrons. The number of rotatable bonds is 9. The Morgan fingerprint density at radius 2 is 1.74 bits per heavy atom. The number of ether oxygens (including phenoxy) is 4. The number of piperazine rings is 1. The maximum atomic E-state index is 17.6. The zero-order valence-electron chi connectivity index (χ0n) is 35.7. The third-order valence-corrected chi connectivity index (χ3v) is 15.2. The molecule has 2 N–H and O–H groups in total. The summed E-state index contributed by atoms with van der Waals surface area (Å²) < 4.78 is 56.7. The number of hydrogen-bond acceptors (Lipinski definition) is 13. The number of aliphatic hydroxyl groups excluding tert-OH is 1. The number of alkyl halides is 1. The average Bonchev–Trinajstić information content (AvgIpc) is 4.04. The van der Waals surface area contributed by atoms with E-state index in [0.717, 1.165) is 6.07 Å². The Labute approximate surface area is 356 Å². The standard InChI is InChI=1S/C45H53F2N3O12/c1-23-15-32-31-10-7-26-16-28(52)11-12-42(26,4)44(31,47)34(53)18-43(32,5)45(23,58)35(54)21-60-40(56)30-20-50(27-8-9-27)36-29(38(30)55)17-33(46)37(39(36)59-6)48-13-14-49(24(2)19-48)41(57)62-22-61-25(3)51/h11-12,16-17,20,23-24,27,31-32,34,53,58H,7-10,13-15,18-19,21-22H2,1-6H3/t23-,24?,31-,32-,34-,42-,43-,44-,45-/m0/s1. The lowest BCUT2D eigenvalue weighted by atomic mass is 9.44. The molecule has 0 bridgehead atoms. The number of hydrogen-bond donors (Lipinski definition) is 2. The minimum atomic E-state index is -2.17. The van der Waals surface area contributed by atoms with Crippen molar-refractivity contribution >= 4 is 46.2 Å². The number of pyridine rings is 1. The van der Waals surface area contributed by atoms with Crippen LogP contribution in [0.15, 0.2) is 40.9 Å². The molecule has 2 aromatic rings. The zero-order valence-corrected chi connectivity index (χ0v) is 35.7. The molecule has 9 atom stereocenters. The number of fused-ring (bicyclic) bond motifs is 6. The van der Waals surface area contributed by atoms with E-state index in [0.29, 0.717) is 31.3 Å². The second-order valence-electron chi connectivity index (χ2n) is 18.5. The van der Waals surface area contributed by atoms with Gasteiger partial charge >= 0.3 is 18.0 Å². The van der Waals surface area contributed by atoms with Crippen LogP contribution in [0.4, 0.5) is 19.3 Å². The van der Waals surface area contributed by atoms with E-state index in [1.807, 2.05) is 0 Å². The van der Waals surface area contributed by atoms with Crippen LogP contribution in [0.3, 0.4) is 0 Å². The van der Waals surface area contributed by atoms with E-state index < -0.39 is 106 Å². The van der Waals surface area contributed by atoms with Crippen molar-refractivity contribution in [3.05, 3.63) is 57.7 Å². The van der Waals surface area contributed by atoms with Crippen LogP contribution >= 0.6 is 0 Å². The fourth-order valence-corrected chi connectivity index (χ4v) is 11.9. The van der Waals surface area contributed by atoms with Crippen LogP contribution in [0.5, 0.6) is 5.75 Å². The number of nitrogens with zero attached hydrogens (tertiary/aromatic N) is 3. The molecule has 1 aromatic heterocycles. The van der Waals surface area contributed by atoms with Gasteiger partial charge in [-0.1, -0.05) is 25.5 Å². The number of carbonyl (C=O) groups excluding carboxylic acids is 5. The predicted octanol–water partition coefficient (Wildman–Crippen LogP) is 4.73. The summed E-state index contributed by atoms with van der Waals surface area (Å²) in [6.45, 7) is 6.95. The molecule has 62 heavy (non-hydrogen) atoms. The Kier molecular flexibility index (Phi) is 10.7. The van der Waals surface area contributed by atoms with Gasteiger partial charge in [-0.25, -0.2) is 18.4 Å². The Bertz CT molecular complexity index is 2400. The molecule has 0 spiro atoms. The maximum absolute atomic E-state index is 17.6. The molecular formula is C45H53F2N3O12. The lowest BCUT2D eigenvalue weighted by molar-refractivity contribution is -0.219. The highest BCUT2D eigenvalue weighted by atomic mass is 19.1. The number of halogens is 2. The second kappa shape index (κ2) is 15.3. The first-order valence-electron chi connectivity index (χ1n) is 21.2. The van der Waals surface area contributed by atoms with Gasteiger partial charge in [0.15, 0.2) is 29.6 Å². The fraction of sp³-hybridized carbons (Fsp3) is 0.600. The van der Waals surface area contributed by atoms with Crippen molar-refractivity contribution in [2.45, 2.75) is 103 Å². The van der Waals surface area contributed by atoms with Gasteiger partial charge in [-0.15, -0.1) is 0 Å². The molecule has 0 radical (unpaired) electrons. The van der Waals surface area contributed by atoms with Gasteiger partial charge in [0.05, 0.1) is 24.1 Å². The average molecular weight is 866 g/mol. The number of esters is 2. The highest BCUT2D eigenvalue weighted by Gasteiger charge is 2.75. The number of aromatic nitrogens is 1. The van der Waals surface area contributed by atoms with Gasteiger partial charge in [0.2, 0.25) is 18.0 Å². The lowest BCUT2D eigenvalue weighted by Crippen LogP contribution is -2.69. The quantitative estimate of drug-likeness (QED) is 0.260. The summed E-state index contributed by atoms with van der Waals surface area (Å²) in [5.41, 5.74) is -7.26. The molecule has 1 saturated heterocycles. The number of anilines is 1. The number of carbonyl (C=O) groups is 5. The van der Waals surface area contributed by atoms with Gasteiger partial charge in [-0.3, -0.25) is 19.2 Å². The van der Waals surface area contributed by atoms with Gasteiger partial charge < -0.3 is 43.5 Å². The number of amides is 1. The van der Waals surface area contributed by atoms with E-state index in [1.165, 1.54) is 43.4 Å². The maximum Gasteiger partial charge on any atom is 0.413 e. The third-order valence-electron chi connectivity index (χ3n) is 15.2. The smallest absolute Gasteiger partial charge is 0.413 e. The van der Waals surface area contributed by atoms with Crippen LogP contribution in [-0.4, -0.2) is 113 Å². The molecule has 17 heteroatoms. The minimum Gasteiger partial charge on any atom is -0.492 e. The van der Waals surface area contributed by atoms with Crippen molar-refractivity contribution in [1.29, 1.82) is 0 Å². The molecule has 1 aromatic carbocycles. The van der Waals surface area contributed by atoms with Gasteiger partial charge in [-0.2, -0.15) is 0 Å². The van der Waals surface area contributed by atoms with Crippen LogP contribution < -0.4 is 15.1 Å². The molecule has 1 aliphatic heterocycles. The minimum absolute atomic E-state index is 0.0524. The van der Waals surface area contributed by atoms with E-state index in [-0.39, 0.29) is 66.6 Å². The van der Waals surface area contributed by atoms with Crippen LogP contribution in [0, 0.1) is 34.4 Å². The number of allylic oxidation sites excluding steroid dienone is 4. The number of Topliss-reactive ketones (excluding diaryl/α,β-unsaturated/α-hetero) is 1. The fourth-order valence-electron chi connectivity index (χ4n) is 11.9. The van der Waals surface area contributed by atoms with Crippen LogP contribution in [0.1, 0.15) is 89.5 Å². The third kappa shape index (κ3) is 6.38. The summed E-state index contributed by atoms with van der Waals surface area (Å²) in [6.07, 6.45) is 5.41. The summed E-state index contributed by atoms with van der Waals surface area (Å²) in [4.78, 5) is 81.3. The van der Waals surface area contributed by atoms with Gasteiger partial charge in [-0.05, 0) is 82.4 Å². The van der Waals surface area contributed by atoms with Crippen LogP contribution in [0.25, 0.3) is 10.9 Å². The molecular weight excluding hydrogens is 812 g/mol. The van der Waals surface area contributed by atoms with Gasteiger partial charge in [0.25, 0.3) is 0 Å². The van der Waals surface area contributed by atoms with Crippen LogP contribution in [0.2, 0.25) is 0 Å². The highest BCUT2D eigenvalue weighted by molar-refractivity contribution is 6.01. The SMILES string of the molecule is COc1c(N2CCN(C(=O)OCOC(C)=O)C(C)C2)c(F)cc2c(=O)c(C(=O)OCC(=O)[C@@]3(O)[C@@H](C)C[C@H]4[C@@H]5CCC6=CC(=O)C=C[C@]6(C)[C@@]5(F)[C@@H](O)C[C@@]43C)cn(C3CC3)c12. The first-order valence-corrected chi connectivity index (χ1v) is 21.2. The molecule has 5 fully saturated rings. The monoisotopic (exact) mass is 865 g/mol. The van der Waals surface area contributed by atoms with Crippen molar-refractivity contribution in [3.8, 4) is 5.75 Å². The first-order chi connectivity index (χ1) is 29.2. The Morgan fingerprint density at radius 3 is 2.40 bits per heavy atom. The summed E-state index contributed by atoms with van der Waals surface area (Å²) in [7, 11) is 1.34. The molecule has 1 unspecified atom stereocenters. The zero-order chi connectivity index (χ0) is 44.8. The molecule has 15 nitrogen and oxygen atoms in total. The Hall–Kier alpha value is -5.16. The topological polar surface area (TPSA) is 191 Å². The number of methoxy groups -OCH3 is 1. The van der Waals surface area contributed by atoms with Crippen molar-refractivity contribution in [3.63, 3.8) is 0 Å². The van der Waals surface area contributed by atoms with Crippen molar-refractivity contribution < 1.29 is 61.9 Å². The molecule has 8 rings (SSSR count). The largest absolute Gasteiger partial charge is 0.492 e. The van der Waals surface area contributed by atoms with E-state index >= 15 is 8.78 Å². The van der Waals surface area contributed by atoms with E-state index in [9.17, 15) is 39.0 Å². The molecule has 2 heterocycles. The lowest BCUT2D eigenvalue weighted by Gasteiger charge is -2.62. The Balaban J connectivity index is 1.04. The van der Waals surface area contributed by atoms with E-state index in [4.69, 9.17) is 18.9 Å². The normalized spacial score (nSPS) is 33.9. The summed E-state index contributed by atoms with van der Waals surface area (Å²) in [5, 5.41) is 24.0. The number of ketones is 2. The van der Waals surface area contributed by atoms with Gasteiger partial charge in [0.1, 0.15) is 16.9 Å². The molecule has 6 aliphatic rings. The summed E-state index contributed by atoms with van der Waals surface area (Å²) in [5.74, 6) is -5.62. The van der Waals surface area contributed by atoms with Crippen LogP contribution in [-0.2, 0) is 28.6 Å². The number of benzene rings is 1. The van der Waals surface area contributed by atoms with Gasteiger partial charge in [0, 0.05) is 61.6 Å². The van der Waals surface area contributed by atoms with E-state index in [1.54, 1.807) is 37.2 Å². The van der Waals surface area contributed by atoms with Crippen molar-refractivity contribution in [1.82, 2.24) is 9.47 Å². The molecule has 4 saturated carbocycles. The van der Waals surface area contributed by atoms with Crippen molar-refractivity contribution in [2.24, 2.45) is 28.6 Å². The number of aliphatic hydroxyl groups is 2. The predicted molar refractivity (Wildman–Crippen MR) is 218 cm³/mol. The Morgan fingerprint density at radius 1 is 1.02 bits per heavy atom. The molecule has 1 amide bonds. The summed E-state index contributed by atoms with van der Waals surface area (Å²) in [6, 6.07) is 0.396. The highest BCUT2D eigenvalue weighted by Crippen LogP contribution is 2.70. The summed E-state index contributed by atoms with van der Waals surface area (Å²) >= 11 is 0. The van der Waals surface area contributed by atoms with Crippen molar-refractivity contribution in [2.75, 3.05) is 45.0 Å². The second-order valence-corrected chi connectivity index (χ2v) is 18.5.